The molecule has 0 atom stereocenters. The third kappa shape index (κ3) is 3.88. The number of anilines is 1. The van der Waals surface area contributed by atoms with Gasteiger partial charge in [0.2, 0.25) is 0 Å². The Kier molecular flexibility index (Phi) is 5.16. The van der Waals surface area contributed by atoms with Crippen molar-refractivity contribution >= 4 is 22.8 Å². The van der Waals surface area contributed by atoms with E-state index in [1.54, 1.807) is 13.8 Å². The van der Waals surface area contributed by atoms with Crippen molar-refractivity contribution in [1.82, 2.24) is 0 Å². The predicted octanol–water partition coefficient (Wildman–Crippen LogP) is 4.91. The number of benzene rings is 2. The van der Waals surface area contributed by atoms with Gasteiger partial charge < -0.3 is 4.42 Å². The van der Waals surface area contributed by atoms with Crippen LogP contribution in [0.4, 0.5) is 17.1 Å². The van der Waals surface area contributed by atoms with Crippen LogP contribution in [0.25, 0.3) is 11.3 Å². The summed E-state index contributed by atoms with van der Waals surface area (Å²) in [5.74, 6) is 1.34. The normalized spacial score (nSPS) is 11.3. The first kappa shape index (κ1) is 18.8. The van der Waals surface area contributed by atoms with Crippen molar-refractivity contribution in [2.75, 3.05) is 5.43 Å². The molecule has 9 heteroatoms. The largest absolute Gasteiger partial charge is 0.461 e. The van der Waals surface area contributed by atoms with Crippen LogP contribution in [-0.4, -0.2) is 15.6 Å². The number of furan rings is 1. The molecule has 0 bridgehead atoms. The molecule has 1 aromatic heterocycles. The Morgan fingerprint density at radius 3 is 2.39 bits per heavy atom. The maximum atomic E-state index is 11.2. The first-order chi connectivity index (χ1) is 13.4. The van der Waals surface area contributed by atoms with Gasteiger partial charge in [0.1, 0.15) is 17.2 Å². The van der Waals surface area contributed by atoms with Crippen molar-refractivity contribution in [2.45, 2.75) is 13.8 Å². The minimum absolute atomic E-state index is 0.0550. The molecule has 142 valence electrons. The summed E-state index contributed by atoms with van der Waals surface area (Å²) in [5, 5.41) is 26.2. The van der Waals surface area contributed by atoms with Gasteiger partial charge in [0, 0.05) is 17.2 Å². The van der Waals surface area contributed by atoms with Gasteiger partial charge in [-0.1, -0.05) is 30.3 Å². The molecule has 9 nitrogen and oxygen atoms in total. The molecular weight excluding hydrogens is 364 g/mol. The molecule has 2 aromatic carbocycles. The summed E-state index contributed by atoms with van der Waals surface area (Å²) in [4.78, 5) is 20.6. The number of hydrogen-bond acceptors (Lipinski definition) is 7. The molecule has 0 unspecified atom stereocenters. The Morgan fingerprint density at radius 2 is 1.75 bits per heavy atom. The highest BCUT2D eigenvalue weighted by molar-refractivity contribution is 6.00. The Morgan fingerprint density at radius 1 is 1.04 bits per heavy atom. The van der Waals surface area contributed by atoms with E-state index < -0.39 is 15.5 Å². The van der Waals surface area contributed by atoms with Crippen molar-refractivity contribution < 1.29 is 14.3 Å². The molecule has 0 amide bonds. The Balaban J connectivity index is 1.88. The molecule has 0 radical (unpaired) electrons. The van der Waals surface area contributed by atoms with Gasteiger partial charge >= 0.3 is 5.69 Å². The number of nitro groups is 2. The minimum Gasteiger partial charge on any atom is -0.461 e. The van der Waals surface area contributed by atoms with E-state index in [1.807, 2.05) is 36.4 Å². The average molecular weight is 380 g/mol. The highest BCUT2D eigenvalue weighted by Gasteiger charge is 2.19. The summed E-state index contributed by atoms with van der Waals surface area (Å²) in [6.45, 7) is 3.53. The molecule has 0 saturated carbocycles. The molecule has 0 spiro atoms. The lowest BCUT2D eigenvalue weighted by atomic mass is 10.1. The van der Waals surface area contributed by atoms with Crippen LogP contribution in [0.5, 0.6) is 0 Å². The summed E-state index contributed by atoms with van der Waals surface area (Å²) in [6.07, 6.45) is 0. The number of nitro benzene ring substituents is 2. The van der Waals surface area contributed by atoms with Crippen LogP contribution >= 0.6 is 0 Å². The smallest absolute Gasteiger partial charge is 0.301 e. The van der Waals surface area contributed by atoms with Crippen molar-refractivity contribution in [3.63, 3.8) is 0 Å². The molecule has 0 fully saturated rings. The van der Waals surface area contributed by atoms with E-state index in [0.717, 1.165) is 17.2 Å². The zero-order chi connectivity index (χ0) is 20.3. The Bertz CT molecular complexity index is 1070. The second-order valence-electron chi connectivity index (χ2n) is 5.97. The summed E-state index contributed by atoms with van der Waals surface area (Å²) in [5.41, 5.74) is 4.09. The standard InChI is InChI=1S/C19H16N4O5/c1-12(16-11-19(28-13(16)2)14-6-4-3-5-7-14)20-21-17-9-8-15(22(24)25)10-18(17)23(26)27/h3-11,21H,1-2H3/b20-12-. The number of nitrogens with zero attached hydrogens (tertiary/aromatic N) is 3. The molecule has 28 heavy (non-hydrogen) atoms. The fourth-order valence-electron chi connectivity index (χ4n) is 2.67. The zero-order valence-corrected chi connectivity index (χ0v) is 15.1. The number of nitrogens with one attached hydrogen (secondary N) is 1. The molecule has 1 N–H and O–H groups in total. The minimum atomic E-state index is -0.698. The van der Waals surface area contributed by atoms with E-state index >= 15 is 0 Å². The topological polar surface area (TPSA) is 124 Å². The van der Waals surface area contributed by atoms with Gasteiger partial charge in [-0.05, 0) is 26.0 Å². The van der Waals surface area contributed by atoms with Gasteiger partial charge in [-0.15, -0.1) is 0 Å². The lowest BCUT2D eigenvalue weighted by Crippen LogP contribution is -2.02. The monoisotopic (exact) mass is 380 g/mol. The second-order valence-corrected chi connectivity index (χ2v) is 5.97. The molecule has 3 aromatic rings. The fourth-order valence-corrected chi connectivity index (χ4v) is 2.67. The fraction of sp³-hybridized carbons (Fsp3) is 0.105. The van der Waals surface area contributed by atoms with Gasteiger partial charge in [0.25, 0.3) is 5.69 Å². The molecule has 0 aliphatic rings. The van der Waals surface area contributed by atoms with Crippen LogP contribution in [-0.2, 0) is 0 Å². The molecular formula is C19H16N4O5. The van der Waals surface area contributed by atoms with E-state index in [4.69, 9.17) is 4.42 Å². The summed E-state index contributed by atoms with van der Waals surface area (Å²) in [7, 11) is 0. The Labute approximate surface area is 159 Å². The molecule has 0 aliphatic heterocycles. The summed E-state index contributed by atoms with van der Waals surface area (Å²) < 4.78 is 5.79. The SMILES string of the molecule is C/C(=N/Nc1ccc([N+](=O)[O-])cc1[N+](=O)[O-])c1cc(-c2ccccc2)oc1C. The maximum Gasteiger partial charge on any atom is 0.301 e. The highest BCUT2D eigenvalue weighted by atomic mass is 16.6. The van der Waals surface area contributed by atoms with Crippen LogP contribution in [0.15, 0.2) is 64.1 Å². The van der Waals surface area contributed by atoms with E-state index in [2.05, 4.69) is 10.5 Å². The number of hydrazone groups is 1. The van der Waals surface area contributed by atoms with Crippen LogP contribution in [0, 0.1) is 27.2 Å². The van der Waals surface area contributed by atoms with Crippen molar-refractivity contribution in [3.8, 4) is 11.3 Å². The van der Waals surface area contributed by atoms with Crippen LogP contribution < -0.4 is 5.43 Å². The van der Waals surface area contributed by atoms with E-state index in [-0.39, 0.29) is 11.4 Å². The number of aryl methyl sites for hydroxylation is 1. The summed E-state index contributed by atoms with van der Waals surface area (Å²) >= 11 is 0. The molecule has 3 rings (SSSR count). The first-order valence-electron chi connectivity index (χ1n) is 8.26. The average Bonchev–Trinajstić information content (AvgIpc) is 3.08. The molecule has 1 heterocycles. The maximum absolute atomic E-state index is 11.2. The van der Waals surface area contributed by atoms with Gasteiger partial charge in [-0.3, -0.25) is 25.7 Å². The first-order valence-corrected chi connectivity index (χ1v) is 8.26. The van der Waals surface area contributed by atoms with Gasteiger partial charge in [-0.25, -0.2) is 0 Å². The number of rotatable bonds is 6. The number of non-ortho nitro benzene ring substituents is 1. The lowest BCUT2D eigenvalue weighted by molar-refractivity contribution is -0.393. The molecule has 0 saturated heterocycles. The van der Waals surface area contributed by atoms with Gasteiger partial charge in [0.15, 0.2) is 0 Å². The second kappa shape index (κ2) is 7.70. The highest BCUT2D eigenvalue weighted by Crippen LogP contribution is 2.29. The Hall–Kier alpha value is -4.01. The van der Waals surface area contributed by atoms with E-state index in [1.165, 1.54) is 12.1 Å². The van der Waals surface area contributed by atoms with Crippen LogP contribution in [0.3, 0.4) is 0 Å². The van der Waals surface area contributed by atoms with Crippen LogP contribution in [0.2, 0.25) is 0 Å². The quantitative estimate of drug-likeness (QED) is 0.368. The third-order valence-electron chi connectivity index (χ3n) is 4.10. The number of hydrogen-bond donors (Lipinski definition) is 1. The van der Waals surface area contributed by atoms with Crippen molar-refractivity contribution in [2.24, 2.45) is 5.10 Å². The van der Waals surface area contributed by atoms with Crippen LogP contribution in [0.1, 0.15) is 18.2 Å². The van der Waals surface area contributed by atoms with Gasteiger partial charge in [-0.2, -0.15) is 5.10 Å². The van der Waals surface area contributed by atoms with E-state index in [0.29, 0.717) is 17.2 Å². The van der Waals surface area contributed by atoms with Crippen molar-refractivity contribution in [1.29, 1.82) is 0 Å². The summed E-state index contributed by atoms with van der Waals surface area (Å²) in [6, 6.07) is 14.7. The third-order valence-corrected chi connectivity index (χ3v) is 4.10. The molecule has 0 aliphatic carbocycles. The van der Waals surface area contributed by atoms with Gasteiger partial charge in [0.05, 0.1) is 21.6 Å². The lowest BCUT2D eigenvalue weighted by Gasteiger charge is -2.04. The zero-order valence-electron chi connectivity index (χ0n) is 15.1. The predicted molar refractivity (Wildman–Crippen MR) is 104 cm³/mol. The van der Waals surface area contributed by atoms with Crippen molar-refractivity contribution in [3.05, 3.63) is 86.1 Å². The van der Waals surface area contributed by atoms with E-state index in [9.17, 15) is 20.2 Å².